The number of likely N-dealkylation sites (N-methyl/N-ethyl adjacent to an activating group) is 1. The minimum atomic E-state index is -0.312. The Morgan fingerprint density at radius 2 is 2.29 bits per heavy atom. The first-order chi connectivity index (χ1) is 8.06. The molecule has 96 valence electrons. The van der Waals surface area contributed by atoms with Crippen molar-refractivity contribution in [3.63, 3.8) is 0 Å². The summed E-state index contributed by atoms with van der Waals surface area (Å²) >= 11 is 0. The summed E-state index contributed by atoms with van der Waals surface area (Å²) in [4.78, 5) is 15.6. The van der Waals surface area contributed by atoms with E-state index in [4.69, 9.17) is 11.1 Å². The van der Waals surface area contributed by atoms with Gasteiger partial charge in [0.15, 0.2) is 0 Å². The number of likely N-dealkylation sites (tertiary alicyclic amines) is 2. The number of amidine groups is 1. The number of amides is 1. The molecule has 0 radical (unpaired) electrons. The van der Waals surface area contributed by atoms with Crippen LogP contribution in [0.25, 0.3) is 0 Å². The van der Waals surface area contributed by atoms with E-state index in [2.05, 4.69) is 11.8 Å². The molecule has 0 aliphatic carbocycles. The second-order valence-corrected chi connectivity index (χ2v) is 5.02. The van der Waals surface area contributed by atoms with Crippen LogP contribution >= 0.6 is 0 Å². The fraction of sp³-hybridized carbons (Fsp3) is 0.833. The highest BCUT2D eigenvalue weighted by molar-refractivity contribution is 5.99. The molecular weight excluding hydrogens is 216 g/mol. The van der Waals surface area contributed by atoms with Crippen molar-refractivity contribution in [2.45, 2.75) is 44.7 Å². The van der Waals surface area contributed by atoms with E-state index in [1.165, 1.54) is 0 Å². The first-order valence-electron chi connectivity index (χ1n) is 6.47. The summed E-state index contributed by atoms with van der Waals surface area (Å²) in [7, 11) is 0. The highest BCUT2D eigenvalue weighted by Crippen LogP contribution is 2.40. The third kappa shape index (κ3) is 1.64. The summed E-state index contributed by atoms with van der Waals surface area (Å²) in [5.74, 6) is 0.288. The monoisotopic (exact) mass is 238 g/mol. The van der Waals surface area contributed by atoms with Gasteiger partial charge < -0.3 is 10.6 Å². The third-order valence-electron chi connectivity index (χ3n) is 4.26. The van der Waals surface area contributed by atoms with Crippen molar-refractivity contribution in [1.82, 2.24) is 9.80 Å². The molecule has 2 aliphatic rings. The van der Waals surface area contributed by atoms with Crippen LogP contribution in [0.3, 0.4) is 0 Å². The number of hydrogen-bond donors (Lipinski definition) is 2. The molecule has 2 atom stereocenters. The zero-order chi connectivity index (χ0) is 12.6. The first kappa shape index (κ1) is 12.4. The van der Waals surface area contributed by atoms with Crippen molar-refractivity contribution in [3.05, 3.63) is 0 Å². The first-order valence-corrected chi connectivity index (χ1v) is 6.47. The maximum Gasteiger partial charge on any atom is 0.240 e. The number of nitrogens with one attached hydrogen (secondary N) is 1. The van der Waals surface area contributed by atoms with Gasteiger partial charge in [-0.3, -0.25) is 15.1 Å². The molecule has 5 nitrogen and oxygen atoms in total. The maximum absolute atomic E-state index is 11.3. The van der Waals surface area contributed by atoms with Gasteiger partial charge in [-0.1, -0.05) is 13.8 Å². The molecule has 3 N–H and O–H groups in total. The van der Waals surface area contributed by atoms with Crippen molar-refractivity contribution in [2.75, 3.05) is 19.6 Å². The van der Waals surface area contributed by atoms with E-state index in [0.717, 1.165) is 32.5 Å². The molecule has 1 amide bonds. The van der Waals surface area contributed by atoms with E-state index in [1.54, 1.807) is 0 Å². The van der Waals surface area contributed by atoms with Crippen molar-refractivity contribution < 1.29 is 4.79 Å². The number of carbonyl (C=O) groups excluding carboxylic acids is 1. The molecular formula is C12H22N4O. The number of carbonyl (C=O) groups is 1. The summed E-state index contributed by atoms with van der Waals surface area (Å²) in [6.07, 6.45) is 2.88. The van der Waals surface area contributed by atoms with Crippen LogP contribution < -0.4 is 5.73 Å². The normalized spacial score (nSPS) is 30.7. The van der Waals surface area contributed by atoms with Crippen LogP contribution in [0, 0.1) is 5.41 Å². The molecule has 1 unspecified atom stereocenters. The molecule has 1 spiro atoms. The second-order valence-electron chi connectivity index (χ2n) is 5.02. The van der Waals surface area contributed by atoms with Crippen LogP contribution in [-0.4, -0.2) is 52.8 Å². The van der Waals surface area contributed by atoms with Gasteiger partial charge in [-0.2, -0.15) is 0 Å². The van der Waals surface area contributed by atoms with Crippen molar-refractivity contribution >= 4 is 11.7 Å². The smallest absolute Gasteiger partial charge is 0.240 e. The lowest BCUT2D eigenvalue weighted by Gasteiger charge is -2.55. The van der Waals surface area contributed by atoms with Crippen LogP contribution in [0.1, 0.15) is 33.1 Å². The predicted molar refractivity (Wildman–Crippen MR) is 66.9 cm³/mol. The Kier molecular flexibility index (Phi) is 3.12. The Morgan fingerprint density at radius 1 is 1.59 bits per heavy atom. The van der Waals surface area contributed by atoms with Crippen LogP contribution in [0.5, 0.6) is 0 Å². The lowest BCUT2D eigenvalue weighted by Crippen LogP contribution is -2.74. The Balaban J connectivity index is 2.10. The number of primary amides is 1. The third-order valence-corrected chi connectivity index (χ3v) is 4.26. The molecule has 0 aromatic heterocycles. The van der Waals surface area contributed by atoms with Crippen LogP contribution in [-0.2, 0) is 4.79 Å². The molecule has 5 heteroatoms. The second kappa shape index (κ2) is 4.29. The van der Waals surface area contributed by atoms with E-state index in [9.17, 15) is 4.79 Å². The molecule has 0 bridgehead atoms. The molecule has 2 fully saturated rings. The van der Waals surface area contributed by atoms with Crippen LogP contribution in [0.15, 0.2) is 0 Å². The van der Waals surface area contributed by atoms with Gasteiger partial charge in [0.2, 0.25) is 5.91 Å². The van der Waals surface area contributed by atoms with Crippen molar-refractivity contribution in [3.8, 4) is 0 Å². The minimum absolute atomic E-state index is 0.0857. The Hall–Kier alpha value is -1.10. The van der Waals surface area contributed by atoms with Crippen molar-refractivity contribution in [2.24, 2.45) is 5.73 Å². The molecule has 0 aromatic rings. The number of rotatable bonds is 4. The summed E-state index contributed by atoms with van der Waals surface area (Å²) in [6, 6.07) is -0.299. The Morgan fingerprint density at radius 3 is 2.76 bits per heavy atom. The average Bonchev–Trinajstić information content (AvgIpc) is 2.74. The molecule has 2 saturated heterocycles. The Labute approximate surface area is 102 Å². The van der Waals surface area contributed by atoms with E-state index in [1.807, 2.05) is 11.8 Å². The van der Waals surface area contributed by atoms with E-state index >= 15 is 0 Å². The number of hydrogen-bond acceptors (Lipinski definition) is 3. The lowest BCUT2D eigenvalue weighted by molar-refractivity contribution is -0.123. The van der Waals surface area contributed by atoms with Gasteiger partial charge >= 0.3 is 0 Å². The SMILES string of the molecule is CC[C@@H](C(N)=O)N1CC2(CCCN2CC)C1=N. The average molecular weight is 238 g/mol. The van der Waals surface area contributed by atoms with Gasteiger partial charge in [0.05, 0.1) is 5.54 Å². The van der Waals surface area contributed by atoms with E-state index < -0.39 is 0 Å². The van der Waals surface area contributed by atoms with Gasteiger partial charge in [-0.25, -0.2) is 0 Å². The van der Waals surface area contributed by atoms with Gasteiger partial charge in [0, 0.05) is 6.54 Å². The summed E-state index contributed by atoms with van der Waals surface area (Å²) in [5.41, 5.74) is 5.30. The van der Waals surface area contributed by atoms with Crippen LogP contribution in [0.2, 0.25) is 0 Å². The highest BCUT2D eigenvalue weighted by atomic mass is 16.1. The number of nitrogens with zero attached hydrogens (tertiary/aromatic N) is 2. The van der Waals surface area contributed by atoms with Gasteiger partial charge in [0.25, 0.3) is 0 Å². The maximum atomic E-state index is 11.3. The van der Waals surface area contributed by atoms with E-state index in [-0.39, 0.29) is 17.5 Å². The molecule has 17 heavy (non-hydrogen) atoms. The quantitative estimate of drug-likeness (QED) is 0.744. The number of nitrogens with two attached hydrogens (primary N) is 1. The summed E-state index contributed by atoms with van der Waals surface area (Å²) in [6.45, 7) is 6.92. The fourth-order valence-corrected chi connectivity index (χ4v) is 3.30. The zero-order valence-corrected chi connectivity index (χ0v) is 10.7. The van der Waals surface area contributed by atoms with Gasteiger partial charge in [0.1, 0.15) is 11.9 Å². The van der Waals surface area contributed by atoms with Gasteiger partial charge in [-0.05, 0) is 32.4 Å². The van der Waals surface area contributed by atoms with Gasteiger partial charge in [-0.15, -0.1) is 0 Å². The topological polar surface area (TPSA) is 73.4 Å². The fourth-order valence-electron chi connectivity index (χ4n) is 3.30. The lowest BCUT2D eigenvalue weighted by atomic mass is 9.83. The largest absolute Gasteiger partial charge is 0.368 e. The van der Waals surface area contributed by atoms with Crippen molar-refractivity contribution in [1.29, 1.82) is 5.41 Å². The predicted octanol–water partition coefficient (Wildman–Crippen LogP) is 0.398. The minimum Gasteiger partial charge on any atom is -0.368 e. The standard InChI is InChI=1S/C12H22N4O/c1-3-9(10(13)17)16-8-12(11(16)14)6-5-7-15(12)4-2/h9,14H,3-8H2,1-2H3,(H2,13,17)/t9-,12?/m0/s1. The molecule has 0 saturated carbocycles. The molecule has 2 aliphatic heterocycles. The summed E-state index contributed by atoms with van der Waals surface area (Å²) in [5, 5.41) is 8.27. The molecule has 2 rings (SSSR count). The van der Waals surface area contributed by atoms with E-state index in [0.29, 0.717) is 12.3 Å². The Bertz CT molecular complexity index is 343. The summed E-state index contributed by atoms with van der Waals surface area (Å²) < 4.78 is 0. The molecule has 0 aromatic carbocycles. The van der Waals surface area contributed by atoms with Crippen LogP contribution in [0.4, 0.5) is 0 Å². The molecule has 2 heterocycles. The zero-order valence-electron chi connectivity index (χ0n) is 10.7. The highest BCUT2D eigenvalue weighted by Gasteiger charge is 2.56.